The van der Waals surface area contributed by atoms with Gasteiger partial charge in [-0.2, -0.15) is 0 Å². The second-order valence-electron chi connectivity index (χ2n) is 5.49. The van der Waals surface area contributed by atoms with Crippen LogP contribution >= 0.6 is 23.2 Å². The first-order chi connectivity index (χ1) is 10.0. The van der Waals surface area contributed by atoms with Crippen molar-refractivity contribution in [1.82, 2.24) is 10.6 Å². The standard InChI is InChI=1S/C15H20Cl2N2O2/c1-9(6-7-20)8-18-15(21)19-13-5-3-11-10(13)2-4-12(16)14(11)17/h2,4,9,13,20H,3,5-8H2,1H3,(H2,18,19,21)/t9-,13+/m1/s1. The van der Waals surface area contributed by atoms with E-state index >= 15 is 0 Å². The van der Waals surface area contributed by atoms with Crippen molar-refractivity contribution in [1.29, 1.82) is 0 Å². The highest BCUT2D eigenvalue weighted by Gasteiger charge is 2.26. The van der Waals surface area contributed by atoms with E-state index in [9.17, 15) is 4.79 Å². The lowest BCUT2D eigenvalue weighted by molar-refractivity contribution is 0.230. The summed E-state index contributed by atoms with van der Waals surface area (Å²) < 4.78 is 0. The van der Waals surface area contributed by atoms with Crippen LogP contribution in [0.25, 0.3) is 0 Å². The fraction of sp³-hybridized carbons (Fsp3) is 0.533. The summed E-state index contributed by atoms with van der Waals surface area (Å²) in [5.74, 6) is 0.255. The number of carbonyl (C=O) groups is 1. The molecule has 21 heavy (non-hydrogen) atoms. The van der Waals surface area contributed by atoms with Crippen LogP contribution in [0.4, 0.5) is 4.79 Å². The van der Waals surface area contributed by atoms with Crippen LogP contribution in [0.1, 0.15) is 36.9 Å². The molecule has 0 fully saturated rings. The molecule has 0 spiro atoms. The van der Waals surface area contributed by atoms with E-state index in [-0.39, 0.29) is 24.6 Å². The summed E-state index contributed by atoms with van der Waals surface area (Å²) in [7, 11) is 0. The molecule has 0 unspecified atom stereocenters. The molecule has 2 atom stereocenters. The van der Waals surface area contributed by atoms with Gasteiger partial charge in [-0.25, -0.2) is 4.79 Å². The van der Waals surface area contributed by atoms with Gasteiger partial charge in [-0.3, -0.25) is 0 Å². The molecule has 6 heteroatoms. The molecule has 0 saturated heterocycles. The fourth-order valence-electron chi connectivity index (χ4n) is 2.58. The number of nitrogens with one attached hydrogen (secondary N) is 2. The molecular weight excluding hydrogens is 311 g/mol. The summed E-state index contributed by atoms with van der Waals surface area (Å²) in [5.41, 5.74) is 2.08. The summed E-state index contributed by atoms with van der Waals surface area (Å²) >= 11 is 12.2. The lowest BCUT2D eigenvalue weighted by Crippen LogP contribution is -2.39. The number of benzene rings is 1. The Balaban J connectivity index is 1.92. The molecule has 2 rings (SSSR count). The van der Waals surface area contributed by atoms with Gasteiger partial charge in [0, 0.05) is 13.2 Å². The van der Waals surface area contributed by atoms with Crippen molar-refractivity contribution in [2.45, 2.75) is 32.2 Å². The van der Waals surface area contributed by atoms with E-state index in [0.717, 1.165) is 24.0 Å². The van der Waals surface area contributed by atoms with E-state index in [1.807, 2.05) is 13.0 Å². The number of halogens is 2. The summed E-state index contributed by atoms with van der Waals surface area (Å²) in [6.07, 6.45) is 2.33. The Morgan fingerprint density at radius 2 is 2.24 bits per heavy atom. The smallest absolute Gasteiger partial charge is 0.315 e. The van der Waals surface area contributed by atoms with E-state index in [4.69, 9.17) is 28.3 Å². The molecule has 1 aliphatic carbocycles. The maximum absolute atomic E-state index is 11.9. The summed E-state index contributed by atoms with van der Waals surface area (Å²) in [5, 5.41) is 15.8. The van der Waals surface area contributed by atoms with Crippen LogP contribution in [-0.4, -0.2) is 24.3 Å². The van der Waals surface area contributed by atoms with Gasteiger partial charge < -0.3 is 15.7 Å². The SMILES string of the molecule is C[C@H](CCO)CNC(=O)N[C@H]1CCc2c1ccc(Cl)c2Cl. The summed E-state index contributed by atoms with van der Waals surface area (Å²) in [6.45, 7) is 2.68. The first-order valence-corrected chi connectivity index (χ1v) is 7.90. The van der Waals surface area contributed by atoms with Gasteiger partial charge in [0.1, 0.15) is 0 Å². The predicted molar refractivity (Wildman–Crippen MR) is 84.9 cm³/mol. The van der Waals surface area contributed by atoms with Gasteiger partial charge >= 0.3 is 6.03 Å². The molecule has 4 nitrogen and oxygen atoms in total. The first kappa shape index (κ1) is 16.4. The molecular formula is C15H20Cl2N2O2. The third-order valence-electron chi connectivity index (χ3n) is 3.83. The highest BCUT2D eigenvalue weighted by atomic mass is 35.5. The zero-order valence-electron chi connectivity index (χ0n) is 12.0. The van der Waals surface area contributed by atoms with Crippen LogP contribution in [-0.2, 0) is 6.42 Å². The first-order valence-electron chi connectivity index (χ1n) is 7.15. The van der Waals surface area contributed by atoms with E-state index in [0.29, 0.717) is 23.0 Å². The number of carbonyl (C=O) groups excluding carboxylic acids is 1. The summed E-state index contributed by atoms with van der Waals surface area (Å²) in [6, 6.07) is 3.48. The van der Waals surface area contributed by atoms with E-state index in [1.165, 1.54) is 0 Å². The minimum Gasteiger partial charge on any atom is -0.396 e. The van der Waals surface area contributed by atoms with Crippen LogP contribution in [0.2, 0.25) is 10.0 Å². The number of hydrogen-bond donors (Lipinski definition) is 3. The molecule has 0 radical (unpaired) electrons. The van der Waals surface area contributed by atoms with Crippen molar-refractivity contribution < 1.29 is 9.90 Å². The molecule has 2 amide bonds. The van der Waals surface area contributed by atoms with Crippen molar-refractivity contribution >= 4 is 29.2 Å². The number of urea groups is 1. The Kier molecular flexibility index (Phi) is 5.73. The van der Waals surface area contributed by atoms with Crippen LogP contribution in [0.3, 0.4) is 0 Å². The lowest BCUT2D eigenvalue weighted by atomic mass is 10.1. The predicted octanol–water partition coefficient (Wildman–Crippen LogP) is 3.30. The highest BCUT2D eigenvalue weighted by Crippen LogP contribution is 2.38. The van der Waals surface area contributed by atoms with Crippen LogP contribution in [0.5, 0.6) is 0 Å². The number of hydrogen-bond acceptors (Lipinski definition) is 2. The highest BCUT2D eigenvalue weighted by molar-refractivity contribution is 6.42. The van der Waals surface area contributed by atoms with E-state index < -0.39 is 0 Å². The van der Waals surface area contributed by atoms with Gasteiger partial charge in [0.2, 0.25) is 0 Å². The van der Waals surface area contributed by atoms with E-state index in [2.05, 4.69) is 10.6 Å². The average Bonchev–Trinajstić information content (AvgIpc) is 2.85. The van der Waals surface area contributed by atoms with Gasteiger partial charge in [-0.1, -0.05) is 36.2 Å². The molecule has 0 bridgehead atoms. The van der Waals surface area contributed by atoms with Crippen molar-refractivity contribution in [2.24, 2.45) is 5.92 Å². The topological polar surface area (TPSA) is 61.4 Å². The van der Waals surface area contributed by atoms with Crippen LogP contribution in [0.15, 0.2) is 12.1 Å². The minimum atomic E-state index is -0.191. The maximum Gasteiger partial charge on any atom is 0.315 e. The molecule has 3 N–H and O–H groups in total. The number of aliphatic hydroxyl groups excluding tert-OH is 1. The van der Waals surface area contributed by atoms with Crippen molar-refractivity contribution in [3.8, 4) is 0 Å². The molecule has 1 aromatic carbocycles. The Bertz CT molecular complexity index is 523. The largest absolute Gasteiger partial charge is 0.396 e. The van der Waals surface area contributed by atoms with Crippen molar-refractivity contribution in [2.75, 3.05) is 13.2 Å². The zero-order valence-corrected chi connectivity index (χ0v) is 13.5. The monoisotopic (exact) mass is 330 g/mol. The van der Waals surface area contributed by atoms with E-state index in [1.54, 1.807) is 6.07 Å². The molecule has 116 valence electrons. The van der Waals surface area contributed by atoms with Gasteiger partial charge in [0.25, 0.3) is 0 Å². The normalized spacial score (nSPS) is 18.2. The number of amides is 2. The van der Waals surface area contributed by atoms with Gasteiger partial charge in [0.15, 0.2) is 0 Å². The Morgan fingerprint density at radius 1 is 1.48 bits per heavy atom. The Hall–Kier alpha value is -0.970. The van der Waals surface area contributed by atoms with Gasteiger partial charge in [0.05, 0.1) is 16.1 Å². The van der Waals surface area contributed by atoms with Crippen LogP contribution < -0.4 is 10.6 Å². The Labute approximate surface area is 134 Å². The second-order valence-corrected chi connectivity index (χ2v) is 6.28. The van der Waals surface area contributed by atoms with Gasteiger partial charge in [-0.05, 0) is 42.4 Å². The van der Waals surface area contributed by atoms with Crippen molar-refractivity contribution in [3.05, 3.63) is 33.3 Å². The molecule has 1 aromatic rings. The van der Waals surface area contributed by atoms with Gasteiger partial charge in [-0.15, -0.1) is 0 Å². The molecule has 0 aliphatic heterocycles. The third-order valence-corrected chi connectivity index (χ3v) is 4.67. The Morgan fingerprint density at radius 3 is 2.95 bits per heavy atom. The summed E-state index contributed by atoms with van der Waals surface area (Å²) in [4.78, 5) is 11.9. The average molecular weight is 331 g/mol. The third kappa shape index (κ3) is 4.02. The second kappa shape index (κ2) is 7.34. The molecule has 0 saturated carbocycles. The maximum atomic E-state index is 11.9. The lowest BCUT2D eigenvalue weighted by Gasteiger charge is -2.17. The zero-order chi connectivity index (χ0) is 15.4. The number of aliphatic hydroxyl groups is 1. The minimum absolute atomic E-state index is 0.0251. The molecule has 1 aliphatic rings. The molecule has 0 aromatic heterocycles. The van der Waals surface area contributed by atoms with Crippen LogP contribution in [0, 0.1) is 5.92 Å². The molecule has 0 heterocycles. The number of fused-ring (bicyclic) bond motifs is 1. The fourth-order valence-corrected chi connectivity index (χ4v) is 3.02. The number of rotatable bonds is 5. The van der Waals surface area contributed by atoms with Crippen molar-refractivity contribution in [3.63, 3.8) is 0 Å². The quantitative estimate of drug-likeness (QED) is 0.775.